The zero-order chi connectivity index (χ0) is 29.6. The maximum Gasteiger partial charge on any atom is 0.277 e. The highest BCUT2D eigenvalue weighted by molar-refractivity contribution is 6.77. The molecule has 1 amide bonds. The molecule has 3 heterocycles. The average molecular weight is 572 g/mol. The molecule has 6 atom stereocenters. The zero-order valence-electron chi connectivity index (χ0n) is 25.2. The van der Waals surface area contributed by atoms with E-state index in [1.54, 1.807) is 31.2 Å². The van der Waals surface area contributed by atoms with Crippen molar-refractivity contribution in [1.82, 2.24) is 5.32 Å². The highest BCUT2D eigenvalue weighted by Gasteiger charge is 2.76. The third-order valence-electron chi connectivity index (χ3n) is 8.96. The number of epoxide rings is 1. The lowest BCUT2D eigenvalue weighted by Crippen LogP contribution is -2.65. The Morgan fingerprint density at radius 3 is 2.20 bits per heavy atom. The summed E-state index contributed by atoms with van der Waals surface area (Å²) < 4.78 is 25.6. The maximum atomic E-state index is 14.3. The Bertz CT molecular complexity index is 1160. The second-order valence-corrected chi connectivity index (χ2v) is 17.5. The van der Waals surface area contributed by atoms with Gasteiger partial charge in [0.15, 0.2) is 6.10 Å². The fourth-order valence-corrected chi connectivity index (χ4v) is 12.5. The van der Waals surface area contributed by atoms with Crippen LogP contribution in [0.5, 0.6) is 0 Å². The number of rotatable bonds is 11. The van der Waals surface area contributed by atoms with Gasteiger partial charge >= 0.3 is 0 Å². The van der Waals surface area contributed by atoms with Crippen LogP contribution in [0.4, 0.5) is 0 Å². The first-order valence-corrected chi connectivity index (χ1v) is 16.5. The number of aliphatic hydroxyl groups excluding tert-OH is 1. The molecule has 8 nitrogen and oxygen atoms in total. The normalized spacial score (nSPS) is 31.3. The number of carbonyl (C=O) groups excluding carboxylic acids is 2. The zero-order valence-corrected chi connectivity index (χ0v) is 26.2. The SMILES string of the molecule is CC/C=C\[C@H]1O[C@H]1C1=C(C)C(=O)[C@]2(O1)C(=O)N[C@@](OC)(C(O)c1ccccc1)[C@@H]2O[Si](C(C)C)(C(C)C)C(C)C. The summed E-state index contributed by atoms with van der Waals surface area (Å²) in [6.07, 6.45) is 1.50. The highest BCUT2D eigenvalue weighted by Crippen LogP contribution is 2.54. The Hall–Kier alpha value is -2.30. The number of ether oxygens (including phenoxy) is 3. The van der Waals surface area contributed by atoms with Crippen LogP contribution in [0, 0.1) is 0 Å². The van der Waals surface area contributed by atoms with Gasteiger partial charge in [0.05, 0.1) is 0 Å². The van der Waals surface area contributed by atoms with Crippen molar-refractivity contribution in [3.63, 3.8) is 0 Å². The van der Waals surface area contributed by atoms with E-state index in [4.69, 9.17) is 18.6 Å². The quantitative estimate of drug-likeness (QED) is 0.165. The first-order chi connectivity index (χ1) is 18.8. The van der Waals surface area contributed by atoms with Gasteiger partial charge in [0.1, 0.15) is 24.1 Å². The molecule has 2 N–H and O–H groups in total. The van der Waals surface area contributed by atoms with Crippen molar-refractivity contribution in [1.29, 1.82) is 0 Å². The van der Waals surface area contributed by atoms with Crippen LogP contribution in [-0.2, 0) is 28.2 Å². The van der Waals surface area contributed by atoms with Gasteiger partial charge in [0.2, 0.25) is 19.8 Å². The molecule has 3 aliphatic heterocycles. The number of amides is 1. The Kier molecular flexibility index (Phi) is 8.56. The molecule has 40 heavy (non-hydrogen) atoms. The van der Waals surface area contributed by atoms with Gasteiger partial charge in [-0.3, -0.25) is 9.59 Å². The van der Waals surface area contributed by atoms with Gasteiger partial charge in [0.25, 0.3) is 11.5 Å². The molecule has 220 valence electrons. The maximum absolute atomic E-state index is 14.3. The van der Waals surface area contributed by atoms with Crippen molar-refractivity contribution in [3.8, 4) is 0 Å². The molecular formula is C31H45NO7Si. The molecule has 1 unspecified atom stereocenters. The van der Waals surface area contributed by atoms with Gasteiger partial charge < -0.3 is 29.1 Å². The predicted octanol–water partition coefficient (Wildman–Crippen LogP) is 5.10. The Morgan fingerprint density at radius 2 is 1.68 bits per heavy atom. The fourth-order valence-electron chi connectivity index (χ4n) is 6.94. The van der Waals surface area contributed by atoms with Crippen LogP contribution in [0.1, 0.15) is 73.5 Å². The first-order valence-electron chi connectivity index (χ1n) is 14.4. The van der Waals surface area contributed by atoms with E-state index in [0.29, 0.717) is 16.9 Å². The Morgan fingerprint density at radius 1 is 1.07 bits per heavy atom. The molecule has 2 saturated heterocycles. The topological polar surface area (TPSA) is 107 Å². The number of hydrogen-bond acceptors (Lipinski definition) is 7. The number of nitrogens with one attached hydrogen (secondary N) is 1. The van der Waals surface area contributed by atoms with Crippen LogP contribution in [0.25, 0.3) is 0 Å². The molecule has 1 aromatic rings. The van der Waals surface area contributed by atoms with E-state index in [0.717, 1.165) is 6.42 Å². The van der Waals surface area contributed by atoms with Crippen LogP contribution in [0.3, 0.4) is 0 Å². The predicted molar refractivity (Wildman–Crippen MR) is 155 cm³/mol. The summed E-state index contributed by atoms with van der Waals surface area (Å²) in [4.78, 5) is 28.4. The van der Waals surface area contributed by atoms with Gasteiger partial charge in [-0.15, -0.1) is 0 Å². The second kappa shape index (κ2) is 11.2. The Balaban J connectivity index is 1.88. The molecule has 0 radical (unpaired) electrons. The molecule has 0 aromatic heterocycles. The van der Waals surface area contributed by atoms with Crippen LogP contribution in [0.2, 0.25) is 16.6 Å². The molecule has 1 spiro atoms. The van der Waals surface area contributed by atoms with Gasteiger partial charge in [-0.2, -0.15) is 0 Å². The summed E-state index contributed by atoms with van der Waals surface area (Å²) in [5.41, 5.74) is -2.61. The summed E-state index contributed by atoms with van der Waals surface area (Å²) in [7, 11) is -1.34. The number of carbonyl (C=O) groups is 2. The number of ketones is 1. The largest absolute Gasteiger partial charge is 0.467 e. The summed E-state index contributed by atoms with van der Waals surface area (Å²) in [5, 5.41) is 14.7. The lowest BCUT2D eigenvalue weighted by Gasteiger charge is -2.49. The summed E-state index contributed by atoms with van der Waals surface area (Å²) in [6.45, 7) is 16.4. The van der Waals surface area contributed by atoms with Crippen molar-refractivity contribution < 1.29 is 33.3 Å². The van der Waals surface area contributed by atoms with Crippen LogP contribution < -0.4 is 5.32 Å². The number of methoxy groups -OCH3 is 1. The van der Waals surface area contributed by atoms with Gasteiger partial charge in [-0.05, 0) is 35.5 Å². The minimum Gasteiger partial charge on any atom is -0.467 e. The van der Waals surface area contributed by atoms with Crippen molar-refractivity contribution in [2.24, 2.45) is 0 Å². The smallest absolute Gasteiger partial charge is 0.277 e. The third kappa shape index (κ3) is 4.50. The van der Waals surface area contributed by atoms with E-state index in [1.165, 1.54) is 7.11 Å². The summed E-state index contributed by atoms with van der Waals surface area (Å²) in [6, 6.07) is 8.96. The number of aliphatic hydroxyl groups is 1. The molecule has 0 aliphatic carbocycles. The lowest BCUT2D eigenvalue weighted by atomic mass is 9.84. The summed E-state index contributed by atoms with van der Waals surface area (Å²) in [5.74, 6) is -0.835. The Labute approximate surface area is 239 Å². The highest BCUT2D eigenvalue weighted by atomic mass is 28.4. The van der Waals surface area contributed by atoms with Crippen molar-refractivity contribution in [3.05, 3.63) is 59.4 Å². The minimum absolute atomic E-state index is 0.129. The first kappa shape index (κ1) is 30.7. The van der Waals surface area contributed by atoms with Crippen LogP contribution in [0.15, 0.2) is 53.8 Å². The molecule has 3 aliphatic rings. The van der Waals surface area contributed by atoms with Crippen molar-refractivity contribution in [2.45, 2.75) is 114 Å². The van der Waals surface area contributed by atoms with E-state index < -0.39 is 49.6 Å². The lowest BCUT2D eigenvalue weighted by molar-refractivity contribution is -0.193. The fraction of sp³-hybridized carbons (Fsp3) is 0.613. The van der Waals surface area contributed by atoms with E-state index in [1.807, 2.05) is 25.1 Å². The average Bonchev–Trinajstić information content (AvgIpc) is 3.59. The van der Waals surface area contributed by atoms with Crippen molar-refractivity contribution >= 4 is 20.0 Å². The van der Waals surface area contributed by atoms with E-state index in [9.17, 15) is 14.7 Å². The standard InChI is InChI=1S/C31H45NO7Si/c1-10-11-17-23-25(37-23)24-21(8)26(33)30(38-24)28(39-40(18(2)3,19(4)5)20(6)7)31(36-9,32-29(30)35)27(34)22-15-13-12-14-16-22/h11-20,23,25,27-28,34H,10H2,1-9H3,(H,32,35)/b17-11-/t23-,25-,27?,28-,30-,31-/m1/s1. The van der Waals surface area contributed by atoms with Gasteiger partial charge in [-0.1, -0.05) is 91.0 Å². The number of hydrogen-bond donors (Lipinski definition) is 2. The molecule has 9 heteroatoms. The minimum atomic E-state index is -2.76. The van der Waals surface area contributed by atoms with Crippen LogP contribution in [-0.4, -0.2) is 61.9 Å². The monoisotopic (exact) mass is 571 g/mol. The number of benzene rings is 1. The molecule has 0 bridgehead atoms. The van der Waals surface area contributed by atoms with Crippen LogP contribution >= 0.6 is 0 Å². The molecule has 2 fully saturated rings. The molecule has 4 rings (SSSR count). The van der Waals surface area contributed by atoms with Gasteiger partial charge in [0, 0.05) is 12.7 Å². The number of allylic oxidation sites excluding steroid dienone is 1. The van der Waals surface area contributed by atoms with E-state index >= 15 is 0 Å². The molecular weight excluding hydrogens is 526 g/mol. The third-order valence-corrected chi connectivity index (χ3v) is 15.0. The number of Topliss-reactive ketones (excluding diaryl/α,β-unsaturated/α-hetero) is 1. The van der Waals surface area contributed by atoms with Gasteiger partial charge in [-0.25, -0.2) is 0 Å². The summed E-state index contributed by atoms with van der Waals surface area (Å²) >= 11 is 0. The molecule has 1 aromatic carbocycles. The van der Waals surface area contributed by atoms with Crippen molar-refractivity contribution in [2.75, 3.05) is 7.11 Å². The van der Waals surface area contributed by atoms with E-state index in [2.05, 4.69) is 46.9 Å². The second-order valence-electron chi connectivity index (χ2n) is 12.1. The van der Waals surface area contributed by atoms with E-state index in [-0.39, 0.29) is 22.7 Å². The molecule has 0 saturated carbocycles.